The van der Waals surface area contributed by atoms with Crippen molar-refractivity contribution in [1.29, 1.82) is 0 Å². The first kappa shape index (κ1) is 20.6. The van der Waals surface area contributed by atoms with E-state index in [1.54, 1.807) is 34.6 Å². The van der Waals surface area contributed by atoms with E-state index in [2.05, 4.69) is 10.2 Å². The number of hydrogen-bond donors (Lipinski definition) is 0. The van der Waals surface area contributed by atoms with E-state index >= 15 is 0 Å². The van der Waals surface area contributed by atoms with Crippen LogP contribution in [0.2, 0.25) is 0 Å². The van der Waals surface area contributed by atoms with Gasteiger partial charge in [-0.1, -0.05) is 17.8 Å². The van der Waals surface area contributed by atoms with Crippen molar-refractivity contribution in [3.63, 3.8) is 0 Å². The van der Waals surface area contributed by atoms with Gasteiger partial charge in [0.1, 0.15) is 0 Å². The van der Waals surface area contributed by atoms with Gasteiger partial charge in [0.15, 0.2) is 17.6 Å². The Morgan fingerprint density at radius 2 is 2.14 bits per heavy atom. The third-order valence-corrected chi connectivity index (χ3v) is 6.41. The number of esters is 1. The van der Waals surface area contributed by atoms with Crippen molar-refractivity contribution in [2.45, 2.75) is 25.2 Å². The van der Waals surface area contributed by atoms with Gasteiger partial charge >= 0.3 is 5.97 Å². The highest BCUT2D eigenvalue weighted by Crippen LogP contribution is 2.27. The summed E-state index contributed by atoms with van der Waals surface area (Å²) < 4.78 is 7.08. The van der Waals surface area contributed by atoms with Crippen molar-refractivity contribution < 1.29 is 14.3 Å². The van der Waals surface area contributed by atoms with Crippen LogP contribution in [0.25, 0.3) is 10.7 Å². The summed E-state index contributed by atoms with van der Waals surface area (Å²) in [5.41, 5.74) is 1.06. The number of hydrogen-bond acceptors (Lipinski definition) is 8. The predicted molar refractivity (Wildman–Crippen MR) is 111 cm³/mol. The highest BCUT2D eigenvalue weighted by Gasteiger charge is 2.17. The maximum Gasteiger partial charge on any atom is 0.316 e. The van der Waals surface area contributed by atoms with Crippen LogP contribution in [0.15, 0.2) is 39.5 Å². The Hall–Kier alpha value is -2.17. The lowest BCUT2D eigenvalue weighted by Gasteiger charge is -2.16. The Morgan fingerprint density at radius 1 is 1.29 bits per heavy atom. The Kier molecular flexibility index (Phi) is 7.24. The first-order valence-electron chi connectivity index (χ1n) is 8.59. The molecule has 0 radical (unpaired) electrons. The molecule has 0 fully saturated rings. The Bertz CT molecular complexity index is 907. The van der Waals surface area contributed by atoms with Crippen molar-refractivity contribution in [3.8, 4) is 10.7 Å². The minimum absolute atomic E-state index is 0.0735. The van der Waals surface area contributed by atoms with Gasteiger partial charge in [-0.3, -0.25) is 9.59 Å². The molecule has 0 N–H and O–H groups in total. The molecule has 0 bridgehead atoms. The highest BCUT2D eigenvalue weighted by molar-refractivity contribution is 7.99. The first-order chi connectivity index (χ1) is 13.6. The molecule has 10 heteroatoms. The summed E-state index contributed by atoms with van der Waals surface area (Å²) in [7, 11) is 1.69. The van der Waals surface area contributed by atoms with Gasteiger partial charge in [-0.25, -0.2) is 0 Å². The van der Waals surface area contributed by atoms with Crippen LogP contribution in [-0.2, 0) is 27.4 Å². The van der Waals surface area contributed by atoms with Gasteiger partial charge in [0.25, 0.3) is 5.91 Å². The zero-order valence-corrected chi connectivity index (χ0v) is 18.0. The van der Waals surface area contributed by atoms with E-state index in [9.17, 15) is 9.59 Å². The number of nitrogens with zero attached hydrogens (tertiary/aromatic N) is 4. The van der Waals surface area contributed by atoms with Crippen LogP contribution in [0, 0.1) is 0 Å². The lowest BCUT2D eigenvalue weighted by atomic mass is 10.3. The first-order valence-corrected chi connectivity index (χ1v) is 11.4. The maximum absolute atomic E-state index is 12.1. The van der Waals surface area contributed by atoms with Crippen molar-refractivity contribution in [2.24, 2.45) is 0 Å². The number of aromatic nitrogens is 3. The smallest absolute Gasteiger partial charge is 0.316 e. The van der Waals surface area contributed by atoms with E-state index in [0.717, 1.165) is 16.3 Å². The number of likely N-dealkylation sites (N-methyl/N-ethyl adjacent to an activating group) is 1. The van der Waals surface area contributed by atoms with Gasteiger partial charge in [0.2, 0.25) is 0 Å². The molecule has 0 saturated heterocycles. The second-order valence-electron chi connectivity index (χ2n) is 5.86. The van der Waals surface area contributed by atoms with Crippen LogP contribution < -0.4 is 0 Å². The third kappa shape index (κ3) is 5.21. The molecule has 0 aromatic carbocycles. The van der Waals surface area contributed by atoms with Gasteiger partial charge < -0.3 is 14.2 Å². The van der Waals surface area contributed by atoms with Gasteiger partial charge in [-0.2, -0.15) is 11.3 Å². The molecule has 0 atom stereocenters. The van der Waals surface area contributed by atoms with Crippen molar-refractivity contribution in [1.82, 2.24) is 19.7 Å². The molecule has 7 nitrogen and oxygen atoms in total. The lowest BCUT2D eigenvalue weighted by Crippen LogP contribution is -2.31. The maximum atomic E-state index is 12.1. The second kappa shape index (κ2) is 9.85. The van der Waals surface area contributed by atoms with Crippen LogP contribution in [0.3, 0.4) is 0 Å². The molecule has 3 aromatic heterocycles. The van der Waals surface area contributed by atoms with Gasteiger partial charge in [-0.15, -0.1) is 21.5 Å². The van der Waals surface area contributed by atoms with Gasteiger partial charge in [0.05, 0.1) is 10.6 Å². The van der Waals surface area contributed by atoms with Crippen LogP contribution >= 0.6 is 34.4 Å². The zero-order chi connectivity index (χ0) is 19.9. The summed E-state index contributed by atoms with van der Waals surface area (Å²) in [5, 5.41) is 15.0. The van der Waals surface area contributed by atoms with Crippen LogP contribution in [-0.4, -0.2) is 50.9 Å². The lowest BCUT2D eigenvalue weighted by molar-refractivity contribution is -0.149. The van der Waals surface area contributed by atoms with E-state index in [1.165, 1.54) is 11.8 Å². The molecule has 1 amide bonds. The predicted octanol–water partition coefficient (Wildman–Crippen LogP) is 3.38. The van der Waals surface area contributed by atoms with Crippen molar-refractivity contribution >= 4 is 46.3 Å². The number of carbonyl (C=O) groups is 2. The van der Waals surface area contributed by atoms with Crippen molar-refractivity contribution in [2.75, 3.05) is 19.4 Å². The number of amides is 1. The summed E-state index contributed by atoms with van der Waals surface area (Å²) in [6, 6.07) is 5.92. The molecule has 28 heavy (non-hydrogen) atoms. The number of thiophene rings is 2. The fourth-order valence-electron chi connectivity index (χ4n) is 2.43. The molecule has 0 saturated carbocycles. The largest absolute Gasteiger partial charge is 0.455 e. The fourth-order valence-corrected chi connectivity index (χ4v) is 4.61. The summed E-state index contributed by atoms with van der Waals surface area (Å²) >= 11 is 4.43. The topological polar surface area (TPSA) is 77.3 Å². The van der Waals surface area contributed by atoms with Crippen LogP contribution in [0.5, 0.6) is 0 Å². The molecule has 3 heterocycles. The quantitative estimate of drug-likeness (QED) is 0.378. The van der Waals surface area contributed by atoms with Crippen LogP contribution in [0.4, 0.5) is 0 Å². The van der Waals surface area contributed by atoms with E-state index < -0.39 is 5.97 Å². The molecule has 0 spiro atoms. The summed E-state index contributed by atoms with van der Waals surface area (Å²) in [6.45, 7) is 2.94. The number of thioether (sulfide) groups is 1. The zero-order valence-electron chi connectivity index (χ0n) is 15.5. The Labute approximate surface area is 175 Å². The number of carbonyl (C=O) groups excluding carboxylic acids is 2. The molecular formula is C18H20N4O3S3. The Morgan fingerprint density at radius 3 is 2.82 bits per heavy atom. The average Bonchev–Trinajstić information content (AvgIpc) is 3.45. The minimum atomic E-state index is -0.453. The number of ether oxygens (including phenoxy) is 1. The standard InChI is InChI=1S/C18H20N4O3S3/c1-3-22-17(14-5-4-7-27-14)19-20-18(22)28-12-16(24)25-10-15(23)21(2)9-13-6-8-26-11-13/h4-8,11H,3,9-10,12H2,1-2H3. The molecule has 0 unspecified atom stereocenters. The van der Waals surface area contributed by atoms with Gasteiger partial charge in [-0.05, 0) is 40.8 Å². The highest BCUT2D eigenvalue weighted by atomic mass is 32.2. The molecule has 0 aliphatic carbocycles. The molecule has 3 aromatic rings. The van der Waals surface area contributed by atoms with Crippen LogP contribution in [0.1, 0.15) is 12.5 Å². The fraction of sp³-hybridized carbons (Fsp3) is 0.333. The summed E-state index contributed by atoms with van der Waals surface area (Å²) in [6.07, 6.45) is 0. The molecule has 148 valence electrons. The Balaban J connectivity index is 1.47. The normalized spacial score (nSPS) is 10.8. The monoisotopic (exact) mass is 436 g/mol. The molecule has 0 aliphatic heterocycles. The van der Waals surface area contributed by atoms with E-state index in [-0.39, 0.29) is 18.3 Å². The van der Waals surface area contributed by atoms with Gasteiger partial charge in [0, 0.05) is 20.1 Å². The molecule has 0 aliphatic rings. The average molecular weight is 437 g/mol. The van der Waals surface area contributed by atoms with Crippen molar-refractivity contribution in [3.05, 3.63) is 39.9 Å². The summed E-state index contributed by atoms with van der Waals surface area (Å²) in [4.78, 5) is 26.7. The SMILES string of the molecule is CCn1c(SCC(=O)OCC(=O)N(C)Cc2ccsc2)nnc1-c1cccs1. The molecular weight excluding hydrogens is 416 g/mol. The van der Waals surface area contributed by atoms with E-state index in [1.807, 2.05) is 45.8 Å². The van der Waals surface area contributed by atoms with E-state index in [4.69, 9.17) is 4.74 Å². The minimum Gasteiger partial charge on any atom is -0.455 e. The third-order valence-electron chi connectivity index (χ3n) is 3.88. The summed E-state index contributed by atoms with van der Waals surface area (Å²) in [5.74, 6) is 0.176. The van der Waals surface area contributed by atoms with E-state index in [0.29, 0.717) is 18.2 Å². The number of rotatable bonds is 9. The molecule has 3 rings (SSSR count). The second-order valence-corrected chi connectivity index (χ2v) is 8.53.